The molecule has 0 aromatic carbocycles. The number of alkyl halides is 3. The first-order chi connectivity index (χ1) is 8.49. The van der Waals surface area contributed by atoms with Gasteiger partial charge in [-0.25, -0.2) is 0 Å². The quantitative estimate of drug-likeness (QED) is 0.455. The number of hydrogen-bond donors (Lipinski definition) is 1. The van der Waals surface area contributed by atoms with Gasteiger partial charge in [0.15, 0.2) is 0 Å². The molecular formula is C13H24F3NO. The Bertz CT molecular complexity index is 207. The molecule has 0 bridgehead atoms. The molecule has 108 valence electrons. The topological polar surface area (TPSA) is 21.3 Å². The van der Waals surface area contributed by atoms with E-state index in [1.807, 2.05) is 13.0 Å². The number of nitrogens with one attached hydrogen (secondary N) is 1. The van der Waals surface area contributed by atoms with Crippen molar-refractivity contribution >= 4 is 0 Å². The van der Waals surface area contributed by atoms with Crippen LogP contribution in [0.15, 0.2) is 12.7 Å². The Labute approximate surface area is 108 Å². The second-order valence-corrected chi connectivity index (χ2v) is 4.31. The third-order valence-electron chi connectivity index (χ3n) is 2.54. The van der Waals surface area contributed by atoms with Crippen molar-refractivity contribution in [3.05, 3.63) is 12.7 Å². The molecule has 2 nitrogen and oxygen atoms in total. The van der Waals surface area contributed by atoms with Crippen LogP contribution in [-0.4, -0.2) is 32.0 Å². The van der Waals surface area contributed by atoms with Crippen LogP contribution in [0.3, 0.4) is 0 Å². The molecule has 1 N–H and O–H groups in total. The fourth-order valence-electron chi connectivity index (χ4n) is 1.71. The number of likely N-dealkylation sites (N-methyl/N-ethyl adjacent to an activating group) is 1. The van der Waals surface area contributed by atoms with E-state index in [1.54, 1.807) is 0 Å². The molecule has 0 fully saturated rings. The second kappa shape index (κ2) is 10.4. The number of unbranched alkanes of at least 4 members (excludes halogenated alkanes) is 3. The lowest BCUT2D eigenvalue weighted by Crippen LogP contribution is -2.34. The van der Waals surface area contributed by atoms with Gasteiger partial charge in [-0.05, 0) is 25.8 Å². The van der Waals surface area contributed by atoms with E-state index < -0.39 is 12.8 Å². The molecule has 0 aromatic rings. The molecule has 0 spiro atoms. The number of allylic oxidation sites excluding steroid dienone is 1. The summed E-state index contributed by atoms with van der Waals surface area (Å²) in [7, 11) is 0. The predicted molar refractivity (Wildman–Crippen MR) is 67.6 cm³/mol. The minimum atomic E-state index is -4.24. The highest BCUT2D eigenvalue weighted by Crippen LogP contribution is 2.15. The molecule has 18 heavy (non-hydrogen) atoms. The van der Waals surface area contributed by atoms with Gasteiger partial charge in [0.05, 0.1) is 6.61 Å². The maximum absolute atomic E-state index is 11.9. The fraction of sp³-hybridized carbons (Fsp3) is 0.846. The monoisotopic (exact) mass is 267 g/mol. The van der Waals surface area contributed by atoms with Crippen LogP contribution in [0.25, 0.3) is 0 Å². The lowest BCUT2D eigenvalue weighted by molar-refractivity contribution is -0.175. The van der Waals surface area contributed by atoms with Crippen molar-refractivity contribution in [2.24, 2.45) is 0 Å². The zero-order valence-corrected chi connectivity index (χ0v) is 11.1. The fourth-order valence-corrected chi connectivity index (χ4v) is 1.71. The first kappa shape index (κ1) is 17.4. The Kier molecular flexibility index (Phi) is 10.1. The first-order valence-corrected chi connectivity index (χ1v) is 6.48. The minimum absolute atomic E-state index is 0.0149. The normalized spacial score (nSPS) is 13.6. The summed E-state index contributed by atoms with van der Waals surface area (Å²) in [5.74, 6) is 0. The molecule has 0 aromatic heterocycles. The summed E-state index contributed by atoms with van der Waals surface area (Å²) >= 11 is 0. The van der Waals surface area contributed by atoms with Gasteiger partial charge in [0, 0.05) is 6.04 Å². The van der Waals surface area contributed by atoms with E-state index >= 15 is 0 Å². The Balaban J connectivity index is 3.67. The molecule has 1 atom stereocenters. The summed E-state index contributed by atoms with van der Waals surface area (Å²) in [6.45, 7) is 5.29. The molecule has 0 radical (unpaired) electrons. The van der Waals surface area contributed by atoms with Crippen LogP contribution in [0, 0.1) is 0 Å². The molecule has 0 aliphatic rings. The molecule has 0 saturated heterocycles. The second-order valence-electron chi connectivity index (χ2n) is 4.31. The Morgan fingerprint density at radius 1 is 1.28 bits per heavy atom. The van der Waals surface area contributed by atoms with Crippen LogP contribution in [0.5, 0.6) is 0 Å². The van der Waals surface area contributed by atoms with Crippen molar-refractivity contribution < 1.29 is 17.9 Å². The van der Waals surface area contributed by atoms with Crippen LogP contribution in [0.4, 0.5) is 13.2 Å². The van der Waals surface area contributed by atoms with Crippen molar-refractivity contribution in [2.75, 3.05) is 19.8 Å². The van der Waals surface area contributed by atoms with Gasteiger partial charge < -0.3 is 10.1 Å². The maximum Gasteiger partial charge on any atom is 0.411 e. The van der Waals surface area contributed by atoms with Crippen molar-refractivity contribution in [3.8, 4) is 0 Å². The summed E-state index contributed by atoms with van der Waals surface area (Å²) in [6.07, 6.45) is 2.66. The van der Waals surface area contributed by atoms with E-state index in [4.69, 9.17) is 0 Å². The Hall–Kier alpha value is -0.550. The average molecular weight is 267 g/mol. The predicted octanol–water partition coefficient (Wildman–Crippen LogP) is 3.68. The Morgan fingerprint density at radius 3 is 2.56 bits per heavy atom. The zero-order valence-electron chi connectivity index (χ0n) is 11.1. The average Bonchev–Trinajstić information content (AvgIpc) is 2.27. The standard InChI is InChI=1S/C13H24F3NO/c1-3-5-6-7-8-9-12(17-4-2)10-18-11-13(14,15)16/h3,12,17H,1,4-11H2,2H3. The third-order valence-corrected chi connectivity index (χ3v) is 2.54. The van der Waals surface area contributed by atoms with Crippen molar-refractivity contribution in [2.45, 2.75) is 51.2 Å². The maximum atomic E-state index is 11.9. The minimum Gasteiger partial charge on any atom is -0.370 e. The van der Waals surface area contributed by atoms with Crippen molar-refractivity contribution in [3.63, 3.8) is 0 Å². The number of ether oxygens (including phenoxy) is 1. The molecule has 0 aliphatic carbocycles. The van der Waals surface area contributed by atoms with Crippen molar-refractivity contribution in [1.82, 2.24) is 5.32 Å². The molecule has 0 aliphatic heterocycles. The molecule has 0 amide bonds. The van der Waals surface area contributed by atoms with E-state index in [0.29, 0.717) is 0 Å². The van der Waals surface area contributed by atoms with Crippen LogP contribution < -0.4 is 5.32 Å². The summed E-state index contributed by atoms with van der Waals surface area (Å²) in [4.78, 5) is 0. The van der Waals surface area contributed by atoms with E-state index in [0.717, 1.165) is 38.6 Å². The molecule has 0 rings (SSSR count). The van der Waals surface area contributed by atoms with E-state index in [-0.39, 0.29) is 12.6 Å². The van der Waals surface area contributed by atoms with Gasteiger partial charge in [0.2, 0.25) is 0 Å². The molecule has 1 unspecified atom stereocenters. The van der Waals surface area contributed by atoms with Gasteiger partial charge in [-0.1, -0.05) is 25.8 Å². The SMILES string of the molecule is C=CCCCCCC(COCC(F)(F)F)NCC. The van der Waals surface area contributed by atoms with Gasteiger partial charge in [0.25, 0.3) is 0 Å². The highest BCUT2D eigenvalue weighted by atomic mass is 19.4. The summed E-state index contributed by atoms with van der Waals surface area (Å²) in [6, 6.07) is 0.0149. The molecule has 0 heterocycles. The van der Waals surface area contributed by atoms with E-state index in [9.17, 15) is 13.2 Å². The highest BCUT2D eigenvalue weighted by Gasteiger charge is 2.27. The lowest BCUT2D eigenvalue weighted by Gasteiger charge is -2.18. The molecular weight excluding hydrogens is 243 g/mol. The van der Waals surface area contributed by atoms with E-state index in [1.165, 1.54) is 0 Å². The Morgan fingerprint density at radius 2 is 2.00 bits per heavy atom. The number of hydrogen-bond acceptors (Lipinski definition) is 2. The van der Waals surface area contributed by atoms with Gasteiger partial charge in [-0.3, -0.25) is 0 Å². The molecule has 0 saturated carbocycles. The van der Waals surface area contributed by atoms with Crippen LogP contribution in [0.2, 0.25) is 0 Å². The van der Waals surface area contributed by atoms with Gasteiger partial charge >= 0.3 is 6.18 Å². The van der Waals surface area contributed by atoms with Crippen LogP contribution in [-0.2, 0) is 4.74 Å². The van der Waals surface area contributed by atoms with Crippen LogP contribution in [0.1, 0.15) is 39.0 Å². The summed E-state index contributed by atoms with van der Waals surface area (Å²) in [5.41, 5.74) is 0. The summed E-state index contributed by atoms with van der Waals surface area (Å²) < 4.78 is 40.5. The highest BCUT2D eigenvalue weighted by molar-refractivity contribution is 4.68. The number of rotatable bonds is 11. The third kappa shape index (κ3) is 11.9. The van der Waals surface area contributed by atoms with Gasteiger partial charge in [0.1, 0.15) is 6.61 Å². The van der Waals surface area contributed by atoms with E-state index in [2.05, 4.69) is 16.6 Å². The van der Waals surface area contributed by atoms with Crippen molar-refractivity contribution in [1.29, 1.82) is 0 Å². The molecule has 5 heteroatoms. The lowest BCUT2D eigenvalue weighted by atomic mass is 10.1. The van der Waals surface area contributed by atoms with Gasteiger partial charge in [-0.15, -0.1) is 6.58 Å². The summed E-state index contributed by atoms with van der Waals surface area (Å²) in [5, 5.41) is 3.15. The zero-order chi connectivity index (χ0) is 13.9. The van der Waals surface area contributed by atoms with Gasteiger partial charge in [-0.2, -0.15) is 13.2 Å². The first-order valence-electron chi connectivity index (χ1n) is 6.48. The van der Waals surface area contributed by atoms with Crippen LogP contribution >= 0.6 is 0 Å². The smallest absolute Gasteiger partial charge is 0.370 e. The largest absolute Gasteiger partial charge is 0.411 e. The number of halogens is 3.